The molecule has 2 aromatic carbocycles. The Kier molecular flexibility index (Phi) is 5.06. The Bertz CT molecular complexity index is 1550. The van der Waals surface area contributed by atoms with Crippen molar-refractivity contribution in [3.8, 4) is 0 Å². The van der Waals surface area contributed by atoms with E-state index in [1.807, 2.05) is 24.3 Å². The second kappa shape index (κ2) is 8.30. The normalized spacial score (nSPS) is 16.1. The van der Waals surface area contributed by atoms with E-state index in [1.165, 1.54) is 10.6 Å². The summed E-state index contributed by atoms with van der Waals surface area (Å²) in [6.45, 7) is 2.80. The fourth-order valence-electron chi connectivity index (χ4n) is 5.32. The van der Waals surface area contributed by atoms with Crippen molar-refractivity contribution in [1.82, 2.24) is 24.8 Å². The Labute approximate surface area is 206 Å². The van der Waals surface area contributed by atoms with Crippen LogP contribution < -0.4 is 5.32 Å². The zero-order valence-corrected chi connectivity index (χ0v) is 19.6. The lowest BCUT2D eigenvalue weighted by atomic mass is 9.98. The highest BCUT2D eigenvalue weighted by Crippen LogP contribution is 2.35. The number of hydrogen-bond donors (Lipinski definition) is 2. The van der Waals surface area contributed by atoms with Gasteiger partial charge in [0, 0.05) is 25.2 Å². The molecule has 1 aliphatic carbocycles. The molecule has 2 aliphatic rings. The molecule has 2 amide bonds. The molecule has 3 heterocycles. The van der Waals surface area contributed by atoms with Gasteiger partial charge in [0.25, 0.3) is 11.8 Å². The zero-order chi connectivity index (χ0) is 25.0. The van der Waals surface area contributed by atoms with Gasteiger partial charge in [-0.05, 0) is 53.6 Å². The van der Waals surface area contributed by atoms with E-state index in [0.29, 0.717) is 31.6 Å². The lowest BCUT2D eigenvalue weighted by Gasteiger charge is -2.18. The van der Waals surface area contributed by atoms with Crippen LogP contribution in [0.5, 0.6) is 0 Å². The molecule has 2 aromatic heterocycles. The summed E-state index contributed by atoms with van der Waals surface area (Å²) in [5, 5.41) is 16.7. The number of benzene rings is 2. The molecule has 9 heteroatoms. The first kappa shape index (κ1) is 22.0. The third-order valence-corrected chi connectivity index (χ3v) is 7.17. The summed E-state index contributed by atoms with van der Waals surface area (Å²) in [6, 6.07) is 14.2. The molecule has 180 valence electrons. The molecule has 0 radical (unpaired) electrons. The van der Waals surface area contributed by atoms with Gasteiger partial charge in [-0.1, -0.05) is 30.3 Å². The van der Waals surface area contributed by atoms with E-state index in [0.717, 1.165) is 27.8 Å². The molecule has 0 saturated carbocycles. The van der Waals surface area contributed by atoms with Gasteiger partial charge in [0.05, 0.1) is 17.8 Å². The van der Waals surface area contributed by atoms with Gasteiger partial charge >= 0.3 is 5.97 Å². The van der Waals surface area contributed by atoms with Gasteiger partial charge in [-0.15, -0.1) is 0 Å². The molecule has 9 nitrogen and oxygen atoms in total. The third-order valence-electron chi connectivity index (χ3n) is 7.17. The van der Waals surface area contributed by atoms with E-state index in [4.69, 9.17) is 0 Å². The van der Waals surface area contributed by atoms with E-state index >= 15 is 0 Å². The lowest BCUT2D eigenvalue weighted by Crippen LogP contribution is -2.31. The van der Waals surface area contributed by atoms with Gasteiger partial charge in [0.1, 0.15) is 11.4 Å². The molecule has 2 N–H and O–H groups in total. The Morgan fingerprint density at radius 3 is 2.53 bits per heavy atom. The highest BCUT2D eigenvalue weighted by molar-refractivity contribution is 5.98. The van der Waals surface area contributed by atoms with Gasteiger partial charge in [-0.2, -0.15) is 5.10 Å². The van der Waals surface area contributed by atoms with Crippen LogP contribution in [0, 0.1) is 6.92 Å². The van der Waals surface area contributed by atoms with E-state index in [-0.39, 0.29) is 34.8 Å². The molecule has 6 rings (SSSR count). The molecule has 0 unspecified atom stereocenters. The van der Waals surface area contributed by atoms with Crippen molar-refractivity contribution >= 4 is 23.4 Å². The average molecular weight is 482 g/mol. The molecule has 36 heavy (non-hydrogen) atoms. The molecule has 0 saturated heterocycles. The molecular weight excluding hydrogens is 458 g/mol. The minimum Gasteiger partial charge on any atom is -0.478 e. The topological polar surface area (TPSA) is 117 Å². The monoisotopic (exact) mass is 481 g/mol. The summed E-state index contributed by atoms with van der Waals surface area (Å²) in [5.74, 6) is -1.58. The maximum Gasteiger partial charge on any atom is 0.335 e. The van der Waals surface area contributed by atoms with Crippen LogP contribution >= 0.6 is 0 Å². The number of fused-ring (bicyclic) bond motifs is 3. The van der Waals surface area contributed by atoms with Gasteiger partial charge in [0.2, 0.25) is 0 Å². The second-order valence-electron chi connectivity index (χ2n) is 9.23. The number of carboxylic acid groups (broad SMARTS) is 1. The fraction of sp³-hybridized carbons (Fsp3) is 0.222. The predicted molar refractivity (Wildman–Crippen MR) is 130 cm³/mol. The third kappa shape index (κ3) is 3.51. The summed E-state index contributed by atoms with van der Waals surface area (Å²) >= 11 is 0. The van der Waals surface area contributed by atoms with Crippen molar-refractivity contribution in [3.63, 3.8) is 0 Å². The van der Waals surface area contributed by atoms with Crippen LogP contribution in [0.1, 0.15) is 71.6 Å². The number of nitrogens with zero attached hydrogens (tertiary/aromatic N) is 4. The van der Waals surface area contributed by atoms with Crippen LogP contribution in [0.3, 0.4) is 0 Å². The van der Waals surface area contributed by atoms with Crippen molar-refractivity contribution in [2.45, 2.75) is 38.9 Å². The van der Waals surface area contributed by atoms with Gasteiger partial charge in [-0.3, -0.25) is 9.59 Å². The number of amides is 2. The Balaban J connectivity index is 1.29. The standard InChI is InChI=1S/C27H23N5O4/c1-15-18-8-9-21(20(18)7-6-19(15)27(35)36)30-25(33)23-12-22(29-24-10-11-28-32(23)24)26(34)31-13-16-4-2-3-5-17(16)14-31/h2-7,10-12,21H,8-9,13-14H2,1H3,(H,30,33)(H,35,36)/t21-/m0/s1. The molecule has 1 aliphatic heterocycles. The summed E-state index contributed by atoms with van der Waals surface area (Å²) in [4.78, 5) is 44.5. The zero-order valence-electron chi connectivity index (χ0n) is 19.6. The second-order valence-corrected chi connectivity index (χ2v) is 9.23. The Morgan fingerprint density at radius 2 is 1.81 bits per heavy atom. The minimum atomic E-state index is -0.959. The van der Waals surface area contributed by atoms with Crippen LogP contribution in [0.2, 0.25) is 0 Å². The first-order valence-electron chi connectivity index (χ1n) is 11.8. The molecular formula is C27H23N5O4. The quantitative estimate of drug-likeness (QED) is 0.462. The number of nitrogens with one attached hydrogen (secondary N) is 1. The number of carbonyl (C=O) groups excluding carboxylic acids is 2. The van der Waals surface area contributed by atoms with Gasteiger partial charge in [-0.25, -0.2) is 14.3 Å². The van der Waals surface area contributed by atoms with Crippen LogP contribution in [-0.2, 0) is 19.5 Å². The SMILES string of the molecule is Cc1c(C(=O)O)ccc2c1CC[C@@H]2NC(=O)c1cc(C(=O)N2Cc3ccccc3C2)nc2ccnn12. The predicted octanol–water partition coefficient (Wildman–Crippen LogP) is 3.31. The van der Waals surface area contributed by atoms with Crippen molar-refractivity contribution in [2.75, 3.05) is 0 Å². The largest absolute Gasteiger partial charge is 0.478 e. The number of hydrogen-bond acceptors (Lipinski definition) is 5. The van der Waals surface area contributed by atoms with Gasteiger partial charge < -0.3 is 15.3 Å². The molecule has 0 bridgehead atoms. The number of rotatable bonds is 4. The number of carboxylic acids is 1. The average Bonchev–Trinajstić information content (AvgIpc) is 3.61. The summed E-state index contributed by atoms with van der Waals surface area (Å²) in [6.07, 6.45) is 2.89. The maximum atomic E-state index is 13.4. The summed E-state index contributed by atoms with van der Waals surface area (Å²) < 4.78 is 1.43. The van der Waals surface area contributed by atoms with Crippen molar-refractivity contribution < 1.29 is 19.5 Å². The fourth-order valence-corrected chi connectivity index (χ4v) is 5.32. The molecule has 0 fully saturated rings. The summed E-state index contributed by atoms with van der Waals surface area (Å²) in [5.41, 5.74) is 5.93. The van der Waals surface area contributed by atoms with E-state index in [2.05, 4.69) is 15.4 Å². The molecule has 1 atom stereocenters. The van der Waals surface area contributed by atoms with E-state index < -0.39 is 5.97 Å². The number of aromatic carboxylic acids is 1. The first-order chi connectivity index (χ1) is 17.4. The van der Waals surface area contributed by atoms with Crippen LogP contribution in [0.15, 0.2) is 54.7 Å². The summed E-state index contributed by atoms with van der Waals surface area (Å²) in [7, 11) is 0. The van der Waals surface area contributed by atoms with Crippen molar-refractivity contribution in [2.24, 2.45) is 0 Å². The smallest absolute Gasteiger partial charge is 0.335 e. The highest BCUT2D eigenvalue weighted by Gasteiger charge is 2.30. The van der Waals surface area contributed by atoms with E-state index in [1.54, 1.807) is 36.2 Å². The van der Waals surface area contributed by atoms with Gasteiger partial charge in [0.15, 0.2) is 5.65 Å². The first-order valence-corrected chi connectivity index (χ1v) is 11.8. The minimum absolute atomic E-state index is 0.190. The maximum absolute atomic E-state index is 13.4. The van der Waals surface area contributed by atoms with Crippen LogP contribution in [0.25, 0.3) is 5.65 Å². The van der Waals surface area contributed by atoms with Crippen LogP contribution in [-0.4, -0.2) is 42.4 Å². The highest BCUT2D eigenvalue weighted by atomic mass is 16.4. The molecule has 0 spiro atoms. The molecule has 4 aromatic rings. The van der Waals surface area contributed by atoms with Crippen molar-refractivity contribution in [3.05, 3.63) is 99.5 Å². The lowest BCUT2D eigenvalue weighted by molar-refractivity contribution is 0.0694. The Hall–Kier alpha value is -4.53. The van der Waals surface area contributed by atoms with Crippen molar-refractivity contribution in [1.29, 1.82) is 0 Å². The number of carbonyl (C=O) groups is 3. The van der Waals surface area contributed by atoms with E-state index in [9.17, 15) is 19.5 Å². The Morgan fingerprint density at radius 1 is 1.06 bits per heavy atom. The van der Waals surface area contributed by atoms with Crippen LogP contribution in [0.4, 0.5) is 0 Å². The number of aromatic nitrogens is 3.